The Balaban J connectivity index is 2.22. The third-order valence-electron chi connectivity index (χ3n) is 3.93. The van der Waals surface area contributed by atoms with Crippen molar-refractivity contribution < 1.29 is 24.1 Å². The molecular formula is C15H29NO5. The Morgan fingerprint density at radius 2 is 1.81 bits per heavy atom. The highest BCUT2D eigenvalue weighted by Crippen LogP contribution is 2.35. The van der Waals surface area contributed by atoms with Crippen molar-refractivity contribution in [2.45, 2.75) is 32.7 Å². The first-order chi connectivity index (χ1) is 9.99. The van der Waals surface area contributed by atoms with Gasteiger partial charge in [-0.05, 0) is 24.8 Å². The molecule has 1 heterocycles. The third-order valence-corrected chi connectivity index (χ3v) is 3.93. The molecule has 0 aromatic heterocycles. The number of likely N-dealkylation sites (tertiary alicyclic amines) is 1. The lowest BCUT2D eigenvalue weighted by molar-refractivity contribution is -0.151. The van der Waals surface area contributed by atoms with E-state index >= 15 is 0 Å². The molecule has 21 heavy (non-hydrogen) atoms. The normalized spacial score (nSPS) is 22.3. The van der Waals surface area contributed by atoms with Gasteiger partial charge in [0.15, 0.2) is 0 Å². The number of carbonyl (C=O) groups is 1. The van der Waals surface area contributed by atoms with Gasteiger partial charge in [0.1, 0.15) is 6.04 Å². The van der Waals surface area contributed by atoms with Crippen LogP contribution in [0.3, 0.4) is 0 Å². The molecule has 0 spiro atoms. The highest BCUT2D eigenvalue weighted by Gasteiger charge is 2.42. The van der Waals surface area contributed by atoms with Crippen molar-refractivity contribution >= 4 is 5.97 Å². The predicted octanol–water partition coefficient (Wildman–Crippen LogP) is 1.24. The number of ether oxygens (including phenoxy) is 3. The number of hydrogen-bond donors (Lipinski definition) is 1. The molecule has 1 atom stereocenters. The van der Waals surface area contributed by atoms with Crippen molar-refractivity contribution in [2.75, 3.05) is 53.2 Å². The van der Waals surface area contributed by atoms with Crippen molar-refractivity contribution in [3.8, 4) is 0 Å². The zero-order valence-electron chi connectivity index (χ0n) is 13.5. The first kappa shape index (κ1) is 18.4. The molecule has 0 saturated carbocycles. The minimum atomic E-state index is -0.734. The molecule has 1 aliphatic heterocycles. The minimum Gasteiger partial charge on any atom is -0.480 e. The summed E-state index contributed by atoms with van der Waals surface area (Å²) >= 11 is 0. The first-order valence-corrected chi connectivity index (χ1v) is 7.60. The van der Waals surface area contributed by atoms with Crippen LogP contribution < -0.4 is 0 Å². The second-order valence-electron chi connectivity index (χ2n) is 6.09. The van der Waals surface area contributed by atoms with E-state index in [1.54, 1.807) is 7.11 Å². The number of carboxylic acid groups (broad SMARTS) is 1. The Morgan fingerprint density at radius 1 is 1.19 bits per heavy atom. The molecule has 124 valence electrons. The van der Waals surface area contributed by atoms with Crippen molar-refractivity contribution in [1.82, 2.24) is 4.90 Å². The summed E-state index contributed by atoms with van der Waals surface area (Å²) in [5, 5.41) is 9.45. The lowest BCUT2D eigenvalue weighted by Gasteiger charge is -2.44. The quantitative estimate of drug-likeness (QED) is 0.613. The molecule has 1 N–H and O–H groups in total. The average Bonchev–Trinajstić information content (AvgIpc) is 2.40. The van der Waals surface area contributed by atoms with Gasteiger partial charge in [-0.2, -0.15) is 0 Å². The largest absolute Gasteiger partial charge is 0.480 e. The van der Waals surface area contributed by atoms with Crippen LogP contribution in [0, 0.1) is 5.41 Å². The van der Waals surface area contributed by atoms with E-state index in [0.29, 0.717) is 39.6 Å². The summed E-state index contributed by atoms with van der Waals surface area (Å²) in [6, 6.07) is -0.423. The maximum atomic E-state index is 11.5. The maximum absolute atomic E-state index is 11.5. The summed E-state index contributed by atoms with van der Waals surface area (Å²) in [5.74, 6) is -0.734. The Morgan fingerprint density at radius 3 is 2.43 bits per heavy atom. The van der Waals surface area contributed by atoms with Crippen LogP contribution in [0.25, 0.3) is 0 Å². The van der Waals surface area contributed by atoms with E-state index in [1.165, 1.54) is 0 Å². The molecule has 1 unspecified atom stereocenters. The van der Waals surface area contributed by atoms with Crippen molar-refractivity contribution in [2.24, 2.45) is 5.41 Å². The topological polar surface area (TPSA) is 68.2 Å². The number of rotatable bonds is 10. The second kappa shape index (κ2) is 9.35. The van der Waals surface area contributed by atoms with E-state index in [9.17, 15) is 9.90 Å². The molecule has 6 nitrogen and oxygen atoms in total. The van der Waals surface area contributed by atoms with Crippen molar-refractivity contribution in [3.05, 3.63) is 0 Å². The lowest BCUT2D eigenvalue weighted by atomic mass is 9.76. The Kier molecular flexibility index (Phi) is 8.18. The Labute approximate surface area is 127 Å². The molecule has 1 aliphatic rings. The minimum absolute atomic E-state index is 0.187. The molecule has 0 aliphatic carbocycles. The fourth-order valence-corrected chi connectivity index (χ4v) is 2.88. The van der Waals surface area contributed by atoms with Crippen LogP contribution in [0.15, 0.2) is 0 Å². The SMILES string of the molecule is COCCOCCOCCN1CCCC(C)(C)C1C(=O)O. The van der Waals surface area contributed by atoms with Crippen LogP contribution in [0.2, 0.25) is 0 Å². The van der Waals surface area contributed by atoms with Crippen LogP contribution in [0.5, 0.6) is 0 Å². The van der Waals surface area contributed by atoms with Crippen molar-refractivity contribution in [1.29, 1.82) is 0 Å². The fraction of sp³-hybridized carbons (Fsp3) is 0.933. The van der Waals surface area contributed by atoms with Crippen molar-refractivity contribution in [3.63, 3.8) is 0 Å². The van der Waals surface area contributed by atoms with Crippen LogP contribution in [-0.2, 0) is 19.0 Å². The fourth-order valence-electron chi connectivity index (χ4n) is 2.88. The van der Waals surface area contributed by atoms with Gasteiger partial charge < -0.3 is 19.3 Å². The molecule has 0 aromatic carbocycles. The monoisotopic (exact) mass is 303 g/mol. The van der Waals surface area contributed by atoms with Gasteiger partial charge in [-0.25, -0.2) is 0 Å². The number of piperidine rings is 1. The number of nitrogens with zero attached hydrogens (tertiary/aromatic N) is 1. The van der Waals surface area contributed by atoms with Crippen LogP contribution in [0.1, 0.15) is 26.7 Å². The Hall–Kier alpha value is -0.690. The molecule has 0 bridgehead atoms. The zero-order valence-corrected chi connectivity index (χ0v) is 13.5. The summed E-state index contributed by atoms with van der Waals surface area (Å²) in [4.78, 5) is 13.5. The number of methoxy groups -OCH3 is 1. The van der Waals surface area contributed by atoms with Gasteiger partial charge in [-0.1, -0.05) is 13.8 Å². The summed E-state index contributed by atoms with van der Waals surface area (Å²) < 4.78 is 15.7. The second-order valence-corrected chi connectivity index (χ2v) is 6.09. The lowest BCUT2D eigenvalue weighted by Crippen LogP contribution is -2.55. The van der Waals surface area contributed by atoms with Crippen LogP contribution in [0.4, 0.5) is 0 Å². The molecule has 1 saturated heterocycles. The van der Waals surface area contributed by atoms with E-state index in [1.807, 2.05) is 18.7 Å². The highest BCUT2D eigenvalue weighted by molar-refractivity contribution is 5.74. The first-order valence-electron chi connectivity index (χ1n) is 7.60. The van der Waals surface area contributed by atoms with E-state index in [0.717, 1.165) is 19.4 Å². The van der Waals surface area contributed by atoms with E-state index in [4.69, 9.17) is 14.2 Å². The average molecular weight is 303 g/mol. The highest BCUT2D eigenvalue weighted by atomic mass is 16.5. The summed E-state index contributed by atoms with van der Waals surface area (Å²) in [6.07, 6.45) is 1.99. The van der Waals surface area contributed by atoms with E-state index in [-0.39, 0.29) is 5.41 Å². The molecular weight excluding hydrogens is 274 g/mol. The van der Waals surface area contributed by atoms with Gasteiger partial charge in [-0.3, -0.25) is 9.69 Å². The number of aliphatic carboxylic acids is 1. The van der Waals surface area contributed by atoms with Gasteiger partial charge in [0.2, 0.25) is 0 Å². The van der Waals surface area contributed by atoms with Gasteiger partial charge in [0.25, 0.3) is 0 Å². The van der Waals surface area contributed by atoms with Gasteiger partial charge in [0.05, 0.1) is 33.0 Å². The van der Waals surface area contributed by atoms with Gasteiger partial charge in [0, 0.05) is 13.7 Å². The van der Waals surface area contributed by atoms with Crippen LogP contribution in [-0.4, -0.2) is 75.3 Å². The standard InChI is InChI=1S/C15H29NO5/c1-15(2)5-4-6-16(13(15)14(17)18)7-8-20-11-12-21-10-9-19-3/h13H,4-12H2,1-3H3,(H,17,18). The smallest absolute Gasteiger partial charge is 0.321 e. The molecule has 1 fully saturated rings. The summed E-state index contributed by atoms with van der Waals surface area (Å²) in [7, 11) is 1.64. The molecule has 0 amide bonds. The molecule has 0 aromatic rings. The van der Waals surface area contributed by atoms with Gasteiger partial charge in [-0.15, -0.1) is 0 Å². The van der Waals surface area contributed by atoms with E-state index < -0.39 is 12.0 Å². The molecule has 0 radical (unpaired) electrons. The zero-order chi connectivity index (χ0) is 15.7. The Bertz CT molecular complexity index is 308. The maximum Gasteiger partial charge on any atom is 0.321 e. The summed E-state index contributed by atoms with van der Waals surface area (Å²) in [5.41, 5.74) is -0.187. The van der Waals surface area contributed by atoms with Crippen LogP contribution >= 0.6 is 0 Å². The predicted molar refractivity (Wildman–Crippen MR) is 79.5 cm³/mol. The molecule has 1 rings (SSSR count). The number of hydrogen-bond acceptors (Lipinski definition) is 5. The summed E-state index contributed by atoms with van der Waals surface area (Å²) in [6.45, 7) is 8.30. The van der Waals surface area contributed by atoms with Gasteiger partial charge >= 0.3 is 5.97 Å². The third kappa shape index (κ3) is 6.30. The number of carboxylic acids is 1. The molecule has 6 heteroatoms. The van der Waals surface area contributed by atoms with E-state index in [2.05, 4.69) is 0 Å².